The normalized spacial score (nSPS) is 15.6. The van der Waals surface area contributed by atoms with Crippen LogP contribution in [0.5, 0.6) is 0 Å². The first-order chi connectivity index (χ1) is 10.0. The molecule has 0 unspecified atom stereocenters. The molecule has 0 saturated carbocycles. The van der Waals surface area contributed by atoms with Gasteiger partial charge < -0.3 is 14.2 Å². The predicted molar refractivity (Wildman–Crippen MR) is 80.9 cm³/mol. The zero-order valence-electron chi connectivity index (χ0n) is 12.4. The number of aryl methyl sites for hydroxylation is 3. The Kier molecular flexibility index (Phi) is 3.67. The summed E-state index contributed by atoms with van der Waals surface area (Å²) in [5.41, 5.74) is 0.674. The van der Waals surface area contributed by atoms with Crippen LogP contribution in [0.1, 0.15) is 27.7 Å². The van der Waals surface area contributed by atoms with E-state index in [4.69, 9.17) is 4.42 Å². The molecule has 3 heterocycles. The number of rotatable bonds is 2. The number of aromatic nitrogens is 2. The van der Waals surface area contributed by atoms with E-state index >= 15 is 0 Å². The molecule has 0 spiro atoms. The van der Waals surface area contributed by atoms with Crippen molar-refractivity contribution in [3.63, 3.8) is 0 Å². The van der Waals surface area contributed by atoms with Gasteiger partial charge in [-0.15, -0.1) is 0 Å². The average molecular weight is 306 g/mol. The quantitative estimate of drug-likeness (QED) is 0.849. The number of carbonyl (C=O) groups is 1. The third-order valence-corrected chi connectivity index (χ3v) is 4.49. The van der Waals surface area contributed by atoms with E-state index in [2.05, 4.69) is 14.3 Å². The van der Waals surface area contributed by atoms with Crippen LogP contribution in [0.15, 0.2) is 10.5 Å². The number of anilines is 1. The molecule has 1 aliphatic heterocycles. The molecule has 1 amide bonds. The predicted octanol–water partition coefficient (Wildman–Crippen LogP) is 2.02. The van der Waals surface area contributed by atoms with Crippen LogP contribution >= 0.6 is 11.5 Å². The van der Waals surface area contributed by atoms with Gasteiger partial charge in [-0.2, -0.15) is 4.37 Å². The lowest BCUT2D eigenvalue weighted by molar-refractivity contribution is 0.0745. The van der Waals surface area contributed by atoms with E-state index in [9.17, 15) is 4.79 Å². The van der Waals surface area contributed by atoms with Gasteiger partial charge in [-0.3, -0.25) is 4.79 Å². The number of hydrogen-bond acceptors (Lipinski definition) is 6. The Bertz CT molecular complexity index is 656. The summed E-state index contributed by atoms with van der Waals surface area (Å²) >= 11 is 1.41. The fourth-order valence-electron chi connectivity index (χ4n) is 2.53. The fourth-order valence-corrected chi connectivity index (χ4v) is 3.25. The summed E-state index contributed by atoms with van der Waals surface area (Å²) in [5.74, 6) is 2.33. The van der Waals surface area contributed by atoms with Crippen molar-refractivity contribution in [2.24, 2.45) is 0 Å². The molecule has 0 aliphatic carbocycles. The van der Waals surface area contributed by atoms with Crippen LogP contribution in [0.25, 0.3) is 0 Å². The van der Waals surface area contributed by atoms with Crippen LogP contribution < -0.4 is 4.90 Å². The van der Waals surface area contributed by atoms with Gasteiger partial charge >= 0.3 is 0 Å². The van der Waals surface area contributed by atoms with Crippen LogP contribution in [0, 0.1) is 20.8 Å². The van der Waals surface area contributed by atoms with Gasteiger partial charge in [0.15, 0.2) is 0 Å². The molecule has 2 aromatic heterocycles. The Morgan fingerprint density at radius 2 is 1.95 bits per heavy atom. The van der Waals surface area contributed by atoms with Crippen LogP contribution in [0.2, 0.25) is 0 Å². The molecule has 2 aromatic rings. The summed E-state index contributed by atoms with van der Waals surface area (Å²) < 4.78 is 9.65. The summed E-state index contributed by atoms with van der Waals surface area (Å²) in [7, 11) is 0. The Morgan fingerprint density at radius 1 is 1.24 bits per heavy atom. The number of piperazine rings is 1. The molecule has 21 heavy (non-hydrogen) atoms. The first-order valence-corrected chi connectivity index (χ1v) is 7.73. The summed E-state index contributed by atoms with van der Waals surface area (Å²) in [6.07, 6.45) is 0. The molecule has 0 radical (unpaired) electrons. The summed E-state index contributed by atoms with van der Waals surface area (Å²) in [6.45, 7) is 8.55. The Hall–Kier alpha value is -1.89. The molecule has 6 nitrogen and oxygen atoms in total. The molecule has 0 atom stereocenters. The number of nitrogens with zero attached hydrogens (tertiary/aromatic N) is 4. The minimum Gasteiger partial charge on any atom is -0.466 e. The third kappa shape index (κ3) is 2.78. The van der Waals surface area contributed by atoms with Crippen LogP contribution in [0.4, 0.5) is 5.13 Å². The maximum atomic E-state index is 12.5. The van der Waals surface area contributed by atoms with Gasteiger partial charge in [0.2, 0.25) is 5.13 Å². The minimum atomic E-state index is 0.0532. The van der Waals surface area contributed by atoms with Crippen molar-refractivity contribution in [1.29, 1.82) is 0 Å². The summed E-state index contributed by atoms with van der Waals surface area (Å²) in [6, 6.07) is 1.82. The molecule has 0 N–H and O–H groups in total. The standard InChI is InChI=1S/C14H18N4O2S/c1-9-8-12(10(2)20-9)13(19)17-4-6-18(7-5-17)14-15-11(3)16-21-14/h8H,4-7H2,1-3H3. The monoisotopic (exact) mass is 306 g/mol. The second kappa shape index (κ2) is 5.48. The van der Waals surface area contributed by atoms with Crippen molar-refractivity contribution in [3.05, 3.63) is 29.0 Å². The van der Waals surface area contributed by atoms with Crippen molar-refractivity contribution in [1.82, 2.24) is 14.3 Å². The molecule has 1 fully saturated rings. The first kappa shape index (κ1) is 14.1. The highest BCUT2D eigenvalue weighted by atomic mass is 32.1. The van der Waals surface area contributed by atoms with Crippen molar-refractivity contribution in [2.45, 2.75) is 20.8 Å². The maximum Gasteiger partial charge on any atom is 0.257 e. The minimum absolute atomic E-state index is 0.0532. The number of carbonyl (C=O) groups excluding carboxylic acids is 1. The number of furan rings is 1. The van der Waals surface area contributed by atoms with Gasteiger partial charge in [0.25, 0.3) is 5.91 Å². The topological polar surface area (TPSA) is 62.5 Å². The molecule has 112 valence electrons. The molecule has 1 saturated heterocycles. The smallest absolute Gasteiger partial charge is 0.257 e. The van der Waals surface area contributed by atoms with E-state index < -0.39 is 0 Å². The average Bonchev–Trinajstić information content (AvgIpc) is 3.04. The van der Waals surface area contributed by atoms with Crippen molar-refractivity contribution in [3.8, 4) is 0 Å². The fraction of sp³-hybridized carbons (Fsp3) is 0.500. The van der Waals surface area contributed by atoms with Crippen LogP contribution in [0.3, 0.4) is 0 Å². The third-order valence-electron chi connectivity index (χ3n) is 3.63. The van der Waals surface area contributed by atoms with Gasteiger partial charge in [-0.05, 0) is 26.8 Å². The lowest BCUT2D eigenvalue weighted by Gasteiger charge is -2.34. The van der Waals surface area contributed by atoms with E-state index in [-0.39, 0.29) is 5.91 Å². The molecule has 3 rings (SSSR count). The van der Waals surface area contributed by atoms with Crippen LogP contribution in [-0.2, 0) is 0 Å². The summed E-state index contributed by atoms with van der Waals surface area (Å²) in [5, 5.41) is 0.940. The van der Waals surface area contributed by atoms with Gasteiger partial charge in [0.05, 0.1) is 5.56 Å². The van der Waals surface area contributed by atoms with E-state index in [1.54, 1.807) is 0 Å². The van der Waals surface area contributed by atoms with E-state index in [0.29, 0.717) is 24.4 Å². The maximum absolute atomic E-state index is 12.5. The second-order valence-corrected chi connectivity index (χ2v) is 5.96. The molecule has 0 bridgehead atoms. The molecular weight excluding hydrogens is 288 g/mol. The highest BCUT2D eigenvalue weighted by molar-refractivity contribution is 7.09. The Morgan fingerprint density at radius 3 is 2.48 bits per heavy atom. The van der Waals surface area contributed by atoms with Crippen LogP contribution in [-0.4, -0.2) is 46.3 Å². The lowest BCUT2D eigenvalue weighted by atomic mass is 10.2. The number of hydrogen-bond donors (Lipinski definition) is 0. The van der Waals surface area contributed by atoms with Gasteiger partial charge in [-0.1, -0.05) is 0 Å². The lowest BCUT2D eigenvalue weighted by Crippen LogP contribution is -2.48. The Labute approximate surface area is 127 Å². The molecule has 7 heteroatoms. The highest BCUT2D eigenvalue weighted by Gasteiger charge is 2.25. The number of amides is 1. The highest BCUT2D eigenvalue weighted by Crippen LogP contribution is 2.21. The molecule has 1 aliphatic rings. The second-order valence-electron chi connectivity index (χ2n) is 5.23. The SMILES string of the molecule is Cc1nsc(N2CCN(C(=O)c3cc(C)oc3C)CC2)n1. The van der Waals surface area contributed by atoms with Crippen molar-refractivity contribution in [2.75, 3.05) is 31.1 Å². The van der Waals surface area contributed by atoms with Gasteiger partial charge in [0, 0.05) is 37.7 Å². The zero-order chi connectivity index (χ0) is 15.0. The van der Waals surface area contributed by atoms with E-state index in [0.717, 1.165) is 29.8 Å². The molecule has 0 aromatic carbocycles. The molecular formula is C14H18N4O2S. The zero-order valence-corrected chi connectivity index (χ0v) is 13.2. The van der Waals surface area contributed by atoms with Gasteiger partial charge in [-0.25, -0.2) is 4.98 Å². The largest absolute Gasteiger partial charge is 0.466 e. The van der Waals surface area contributed by atoms with Crippen molar-refractivity contribution >= 4 is 22.6 Å². The van der Waals surface area contributed by atoms with Crippen molar-refractivity contribution < 1.29 is 9.21 Å². The Balaban J connectivity index is 1.65. The first-order valence-electron chi connectivity index (χ1n) is 6.96. The summed E-state index contributed by atoms with van der Waals surface area (Å²) in [4.78, 5) is 21.0. The van der Waals surface area contributed by atoms with E-state index in [1.807, 2.05) is 31.7 Å². The van der Waals surface area contributed by atoms with Gasteiger partial charge in [0.1, 0.15) is 17.3 Å². The van der Waals surface area contributed by atoms with E-state index in [1.165, 1.54) is 11.5 Å².